The summed E-state index contributed by atoms with van der Waals surface area (Å²) in [5, 5.41) is 18.2. The van der Waals surface area contributed by atoms with Crippen LogP contribution in [0.4, 0.5) is 0 Å². The molecule has 3 amide bonds. The van der Waals surface area contributed by atoms with Crippen molar-refractivity contribution in [3.63, 3.8) is 0 Å². The Labute approximate surface area is 216 Å². The van der Waals surface area contributed by atoms with Gasteiger partial charge in [0.25, 0.3) is 0 Å². The molecule has 1 aromatic carbocycles. The van der Waals surface area contributed by atoms with Crippen molar-refractivity contribution in [2.24, 2.45) is 17.6 Å². The maximum absolute atomic E-state index is 13.2. The molecule has 0 bridgehead atoms. The summed E-state index contributed by atoms with van der Waals surface area (Å²) < 4.78 is 0. The average Bonchev–Trinajstić information content (AvgIpc) is 3.21. The van der Waals surface area contributed by atoms with Crippen molar-refractivity contribution in [2.75, 3.05) is 5.75 Å². The van der Waals surface area contributed by atoms with Crippen LogP contribution in [-0.2, 0) is 25.6 Å². The zero-order valence-electron chi connectivity index (χ0n) is 21.1. The van der Waals surface area contributed by atoms with Crippen molar-refractivity contribution >= 4 is 47.2 Å². The van der Waals surface area contributed by atoms with Gasteiger partial charge in [0.15, 0.2) is 0 Å². The molecule has 10 nitrogen and oxygen atoms in total. The number of carbonyl (C=O) groups is 4. The first kappa shape index (κ1) is 29.2. The van der Waals surface area contributed by atoms with Crippen LogP contribution in [0.25, 0.3) is 10.9 Å². The standard InChI is InChI=1S/C25H37N5O5S/c1-13(2)9-17(26)22(31)29-20(12-36)24(33)28-19(23(32)30-21(14(3)4)25(34)35)10-15-11-27-18-8-6-5-7-16(15)18/h5-8,11,13-14,17,19-21,27,36H,9-10,12,26H2,1-4H3,(H,28,33)(H,29,31)(H,30,32)(H,34,35). The smallest absolute Gasteiger partial charge is 0.326 e. The Morgan fingerprint density at radius 1 is 0.972 bits per heavy atom. The van der Waals surface area contributed by atoms with E-state index in [1.165, 1.54) is 0 Å². The number of rotatable bonds is 13. The third kappa shape index (κ3) is 7.99. The SMILES string of the molecule is CC(C)CC(N)C(=O)NC(CS)C(=O)NC(Cc1c[nH]c2ccccc12)C(=O)NC(C(=O)O)C(C)C. The summed E-state index contributed by atoms with van der Waals surface area (Å²) in [6.45, 7) is 7.23. The van der Waals surface area contributed by atoms with Gasteiger partial charge in [0.05, 0.1) is 6.04 Å². The predicted octanol–water partition coefficient (Wildman–Crippen LogP) is 1.21. The van der Waals surface area contributed by atoms with Gasteiger partial charge in [-0.2, -0.15) is 12.6 Å². The number of carboxylic acids is 1. The van der Waals surface area contributed by atoms with E-state index < -0.39 is 47.9 Å². The first-order chi connectivity index (χ1) is 16.9. The van der Waals surface area contributed by atoms with Gasteiger partial charge in [-0.25, -0.2) is 4.79 Å². The lowest BCUT2D eigenvalue weighted by atomic mass is 10.0. The Hall–Kier alpha value is -3.05. The summed E-state index contributed by atoms with van der Waals surface area (Å²) in [6, 6.07) is 3.47. The van der Waals surface area contributed by atoms with E-state index in [1.807, 2.05) is 38.1 Å². The minimum Gasteiger partial charge on any atom is -0.480 e. The van der Waals surface area contributed by atoms with Crippen molar-refractivity contribution in [1.29, 1.82) is 0 Å². The van der Waals surface area contributed by atoms with Crippen molar-refractivity contribution in [1.82, 2.24) is 20.9 Å². The summed E-state index contributed by atoms with van der Waals surface area (Å²) in [6.07, 6.45) is 2.30. The molecule has 0 spiro atoms. The molecule has 0 saturated carbocycles. The van der Waals surface area contributed by atoms with Gasteiger partial charge >= 0.3 is 5.97 Å². The van der Waals surface area contributed by atoms with E-state index in [0.29, 0.717) is 6.42 Å². The van der Waals surface area contributed by atoms with E-state index in [-0.39, 0.29) is 24.0 Å². The number of amides is 3. The van der Waals surface area contributed by atoms with Gasteiger partial charge in [0, 0.05) is 29.3 Å². The first-order valence-electron chi connectivity index (χ1n) is 12.0. The van der Waals surface area contributed by atoms with E-state index in [0.717, 1.165) is 16.5 Å². The largest absolute Gasteiger partial charge is 0.480 e. The highest BCUT2D eigenvalue weighted by molar-refractivity contribution is 7.80. The number of carboxylic acid groups (broad SMARTS) is 1. The van der Waals surface area contributed by atoms with Gasteiger partial charge < -0.3 is 31.8 Å². The Balaban J connectivity index is 2.25. The number of carbonyl (C=O) groups excluding carboxylic acids is 3. The molecule has 0 fully saturated rings. The minimum absolute atomic E-state index is 0.0167. The molecule has 36 heavy (non-hydrogen) atoms. The second-order valence-electron chi connectivity index (χ2n) is 9.67. The normalized spacial score (nSPS) is 14.8. The number of aromatic amines is 1. The summed E-state index contributed by atoms with van der Waals surface area (Å²) >= 11 is 4.19. The molecule has 4 unspecified atom stereocenters. The van der Waals surface area contributed by atoms with Crippen LogP contribution in [0.2, 0.25) is 0 Å². The quantitative estimate of drug-likeness (QED) is 0.196. The van der Waals surface area contributed by atoms with Crippen LogP contribution in [0.5, 0.6) is 0 Å². The van der Waals surface area contributed by atoms with E-state index in [9.17, 15) is 24.3 Å². The van der Waals surface area contributed by atoms with Crippen LogP contribution >= 0.6 is 12.6 Å². The number of aromatic nitrogens is 1. The van der Waals surface area contributed by atoms with Crippen LogP contribution < -0.4 is 21.7 Å². The Morgan fingerprint density at radius 2 is 1.58 bits per heavy atom. The predicted molar refractivity (Wildman–Crippen MR) is 142 cm³/mol. The summed E-state index contributed by atoms with van der Waals surface area (Å²) in [5.74, 6) is -3.11. The lowest BCUT2D eigenvalue weighted by Gasteiger charge is -2.25. The molecule has 0 radical (unpaired) electrons. The molecule has 7 N–H and O–H groups in total. The summed E-state index contributed by atoms with van der Waals surface area (Å²) in [7, 11) is 0. The van der Waals surface area contributed by atoms with Gasteiger partial charge in [-0.05, 0) is 29.9 Å². The van der Waals surface area contributed by atoms with Gasteiger partial charge in [0.2, 0.25) is 17.7 Å². The fraction of sp³-hybridized carbons (Fsp3) is 0.520. The second kappa shape index (κ2) is 13.3. The highest BCUT2D eigenvalue weighted by Gasteiger charge is 2.31. The summed E-state index contributed by atoms with van der Waals surface area (Å²) in [5.41, 5.74) is 7.57. The molecule has 1 aromatic heterocycles. The lowest BCUT2D eigenvalue weighted by molar-refractivity contribution is -0.143. The number of para-hydroxylation sites is 1. The number of nitrogens with one attached hydrogen (secondary N) is 4. The molecular weight excluding hydrogens is 482 g/mol. The second-order valence-corrected chi connectivity index (χ2v) is 10.0. The maximum atomic E-state index is 13.2. The molecular formula is C25H37N5O5S. The van der Waals surface area contributed by atoms with Crippen LogP contribution in [-0.4, -0.2) is 63.7 Å². The van der Waals surface area contributed by atoms with Crippen LogP contribution in [0.15, 0.2) is 30.5 Å². The number of benzene rings is 1. The van der Waals surface area contributed by atoms with Gasteiger partial charge in [-0.3, -0.25) is 14.4 Å². The maximum Gasteiger partial charge on any atom is 0.326 e. The fourth-order valence-corrected chi connectivity index (χ4v) is 4.11. The van der Waals surface area contributed by atoms with E-state index in [2.05, 4.69) is 33.6 Å². The lowest BCUT2D eigenvalue weighted by Crippen LogP contribution is -2.58. The number of nitrogens with two attached hydrogens (primary N) is 1. The third-order valence-corrected chi connectivity index (χ3v) is 6.21. The van der Waals surface area contributed by atoms with Crippen molar-refractivity contribution in [2.45, 2.75) is 64.7 Å². The monoisotopic (exact) mass is 519 g/mol. The molecule has 0 aliphatic rings. The molecule has 2 rings (SSSR count). The number of hydrogen-bond donors (Lipinski definition) is 7. The van der Waals surface area contributed by atoms with Crippen LogP contribution in [0.1, 0.15) is 39.7 Å². The number of hydrogen-bond acceptors (Lipinski definition) is 6. The van der Waals surface area contributed by atoms with Crippen LogP contribution in [0, 0.1) is 11.8 Å². The molecule has 0 aliphatic heterocycles. The topological polar surface area (TPSA) is 166 Å². The number of H-pyrrole nitrogens is 1. The number of thiol groups is 1. The van der Waals surface area contributed by atoms with E-state index >= 15 is 0 Å². The van der Waals surface area contributed by atoms with Gasteiger partial charge in [-0.1, -0.05) is 45.9 Å². The number of fused-ring (bicyclic) bond motifs is 1. The Bertz CT molecular complexity index is 1070. The molecule has 198 valence electrons. The van der Waals surface area contributed by atoms with Crippen molar-refractivity contribution in [3.05, 3.63) is 36.0 Å². The third-order valence-electron chi connectivity index (χ3n) is 5.84. The van der Waals surface area contributed by atoms with Gasteiger partial charge in [-0.15, -0.1) is 0 Å². The van der Waals surface area contributed by atoms with Gasteiger partial charge in [0.1, 0.15) is 18.1 Å². The highest BCUT2D eigenvalue weighted by atomic mass is 32.1. The molecule has 0 aliphatic carbocycles. The zero-order valence-corrected chi connectivity index (χ0v) is 22.0. The Morgan fingerprint density at radius 3 is 2.17 bits per heavy atom. The number of aliphatic carboxylic acids is 1. The minimum atomic E-state index is -1.17. The van der Waals surface area contributed by atoms with Crippen LogP contribution in [0.3, 0.4) is 0 Å². The average molecular weight is 520 g/mol. The molecule has 2 aromatic rings. The Kier molecular flexibility index (Phi) is 10.8. The molecule has 0 saturated heterocycles. The zero-order chi connectivity index (χ0) is 27.0. The first-order valence-corrected chi connectivity index (χ1v) is 12.6. The van der Waals surface area contributed by atoms with E-state index in [1.54, 1.807) is 20.0 Å². The summed E-state index contributed by atoms with van der Waals surface area (Å²) in [4.78, 5) is 53.5. The highest BCUT2D eigenvalue weighted by Crippen LogP contribution is 2.19. The van der Waals surface area contributed by atoms with Crippen molar-refractivity contribution in [3.8, 4) is 0 Å². The fourth-order valence-electron chi connectivity index (χ4n) is 3.86. The molecule has 11 heteroatoms. The van der Waals surface area contributed by atoms with Crippen molar-refractivity contribution < 1.29 is 24.3 Å². The van der Waals surface area contributed by atoms with E-state index in [4.69, 9.17) is 5.73 Å². The molecule has 4 atom stereocenters. The molecule has 1 heterocycles.